The van der Waals surface area contributed by atoms with Gasteiger partial charge in [-0.3, -0.25) is 4.98 Å². The van der Waals surface area contributed by atoms with Crippen LogP contribution in [0.4, 0.5) is 18.9 Å². The van der Waals surface area contributed by atoms with Gasteiger partial charge in [0.05, 0.1) is 11.3 Å². The lowest BCUT2D eigenvalue weighted by atomic mass is 9.92. The van der Waals surface area contributed by atoms with Crippen molar-refractivity contribution in [1.82, 2.24) is 10.3 Å². The third kappa shape index (κ3) is 7.28. The standard InChI is InChI=1S/C18H24F3N3.C2H6.CH5N/c1-4-14(15(5-2)18(19,20)21)17-11-13(22-3)10-16(24-17)12-6-8-23-9-7-12;2*1-2/h4-5,10-12,23H,6-9H2,1-3H3,(H,22,24);1-2H3;2H2,1H3/b14-4+,15-5+;;. The summed E-state index contributed by atoms with van der Waals surface area (Å²) in [5.74, 6) is 0.274. The van der Waals surface area contributed by atoms with Gasteiger partial charge < -0.3 is 16.4 Å². The van der Waals surface area contributed by atoms with Crippen LogP contribution in [0, 0.1) is 0 Å². The number of alkyl halides is 3. The number of allylic oxidation sites excluding steroid dienone is 4. The summed E-state index contributed by atoms with van der Waals surface area (Å²) in [6, 6.07) is 3.62. The third-order valence-electron chi connectivity index (χ3n) is 4.34. The van der Waals surface area contributed by atoms with Crippen molar-refractivity contribution < 1.29 is 13.2 Å². The molecule has 2 heterocycles. The number of nitrogens with zero attached hydrogens (tertiary/aromatic N) is 1. The zero-order valence-electron chi connectivity index (χ0n) is 17.9. The largest absolute Gasteiger partial charge is 0.416 e. The highest BCUT2D eigenvalue weighted by Gasteiger charge is 2.36. The molecule has 1 fully saturated rings. The average Bonchev–Trinajstić information content (AvgIpc) is 2.74. The van der Waals surface area contributed by atoms with Crippen molar-refractivity contribution in [3.63, 3.8) is 0 Å². The first kappa shape index (κ1) is 26.1. The highest BCUT2D eigenvalue weighted by Crippen LogP contribution is 2.37. The van der Waals surface area contributed by atoms with Crippen molar-refractivity contribution in [3.05, 3.63) is 41.2 Å². The maximum atomic E-state index is 13.3. The fourth-order valence-corrected chi connectivity index (χ4v) is 3.07. The highest BCUT2D eigenvalue weighted by molar-refractivity contribution is 5.79. The Bertz CT molecular complexity index is 631. The smallest absolute Gasteiger partial charge is 0.388 e. The second kappa shape index (κ2) is 13.3. The number of rotatable bonds is 4. The molecule has 7 heteroatoms. The predicted octanol–water partition coefficient (Wildman–Crippen LogP) is 5.10. The van der Waals surface area contributed by atoms with Gasteiger partial charge in [-0.05, 0) is 59.0 Å². The molecule has 4 N–H and O–H groups in total. The number of pyridine rings is 1. The molecule has 1 aromatic rings. The van der Waals surface area contributed by atoms with E-state index in [1.807, 2.05) is 19.9 Å². The molecule has 0 saturated carbocycles. The van der Waals surface area contributed by atoms with Crippen LogP contribution in [0.25, 0.3) is 5.57 Å². The molecule has 0 amide bonds. The van der Waals surface area contributed by atoms with Gasteiger partial charge in [0, 0.05) is 29.9 Å². The lowest BCUT2D eigenvalue weighted by Crippen LogP contribution is -2.27. The molecule has 0 atom stereocenters. The Labute approximate surface area is 167 Å². The van der Waals surface area contributed by atoms with Crippen LogP contribution in [0.2, 0.25) is 0 Å². The first-order chi connectivity index (χ1) is 13.4. The summed E-state index contributed by atoms with van der Waals surface area (Å²) in [5, 5.41) is 6.33. The molecular weight excluding hydrogens is 365 g/mol. The monoisotopic (exact) mass is 400 g/mol. The Morgan fingerprint density at radius 2 is 1.71 bits per heavy atom. The Hall–Kier alpha value is -1.86. The molecule has 160 valence electrons. The molecule has 1 saturated heterocycles. The van der Waals surface area contributed by atoms with Gasteiger partial charge in [-0.1, -0.05) is 26.0 Å². The Balaban J connectivity index is 0.00000171. The molecule has 0 bridgehead atoms. The van der Waals surface area contributed by atoms with Crippen molar-refractivity contribution >= 4 is 11.3 Å². The van der Waals surface area contributed by atoms with E-state index in [4.69, 9.17) is 0 Å². The normalized spacial score (nSPS) is 15.8. The van der Waals surface area contributed by atoms with Gasteiger partial charge >= 0.3 is 6.18 Å². The second-order valence-electron chi connectivity index (χ2n) is 5.84. The summed E-state index contributed by atoms with van der Waals surface area (Å²) < 4.78 is 40.0. The summed E-state index contributed by atoms with van der Waals surface area (Å²) in [5.41, 5.74) is 5.98. The van der Waals surface area contributed by atoms with E-state index in [2.05, 4.69) is 21.4 Å². The molecule has 1 aliphatic rings. The summed E-state index contributed by atoms with van der Waals surface area (Å²) in [7, 11) is 3.26. The van der Waals surface area contributed by atoms with E-state index in [-0.39, 0.29) is 11.5 Å². The minimum absolute atomic E-state index is 0.122. The fraction of sp³-hybridized carbons (Fsp3) is 0.571. The molecule has 1 aromatic heterocycles. The number of piperidine rings is 1. The molecule has 28 heavy (non-hydrogen) atoms. The molecule has 0 aliphatic carbocycles. The Morgan fingerprint density at radius 3 is 2.14 bits per heavy atom. The number of aromatic nitrogens is 1. The van der Waals surface area contributed by atoms with Crippen molar-refractivity contribution in [2.75, 3.05) is 32.5 Å². The van der Waals surface area contributed by atoms with E-state index in [0.717, 1.165) is 43.4 Å². The van der Waals surface area contributed by atoms with E-state index in [1.165, 1.54) is 20.0 Å². The summed E-state index contributed by atoms with van der Waals surface area (Å²) in [6.45, 7) is 8.83. The van der Waals surface area contributed by atoms with Crippen molar-refractivity contribution in [3.8, 4) is 0 Å². The quantitative estimate of drug-likeness (QED) is 0.615. The average molecular weight is 401 g/mol. The summed E-state index contributed by atoms with van der Waals surface area (Å²) in [6.07, 6.45) is 0.0773. The van der Waals surface area contributed by atoms with Gasteiger partial charge in [-0.25, -0.2) is 0 Å². The number of nitrogens with two attached hydrogens (primary N) is 1. The summed E-state index contributed by atoms with van der Waals surface area (Å²) in [4.78, 5) is 4.58. The minimum atomic E-state index is -4.40. The van der Waals surface area contributed by atoms with E-state index in [9.17, 15) is 13.2 Å². The molecule has 2 rings (SSSR count). The van der Waals surface area contributed by atoms with Gasteiger partial charge in [-0.2, -0.15) is 13.2 Å². The van der Waals surface area contributed by atoms with Crippen LogP contribution in [-0.2, 0) is 0 Å². The van der Waals surface area contributed by atoms with E-state index < -0.39 is 11.7 Å². The van der Waals surface area contributed by atoms with Crippen molar-refractivity contribution in [2.24, 2.45) is 5.73 Å². The highest BCUT2D eigenvalue weighted by atomic mass is 19.4. The van der Waals surface area contributed by atoms with Crippen molar-refractivity contribution in [2.45, 2.75) is 52.6 Å². The zero-order chi connectivity index (χ0) is 21.7. The van der Waals surface area contributed by atoms with E-state index >= 15 is 0 Å². The molecule has 0 unspecified atom stereocenters. The zero-order valence-corrected chi connectivity index (χ0v) is 17.9. The van der Waals surface area contributed by atoms with Gasteiger partial charge in [0.15, 0.2) is 0 Å². The lowest BCUT2D eigenvalue weighted by Gasteiger charge is -2.24. The van der Waals surface area contributed by atoms with Crippen LogP contribution in [-0.4, -0.2) is 38.3 Å². The number of hydrogen-bond acceptors (Lipinski definition) is 4. The fourth-order valence-electron chi connectivity index (χ4n) is 3.07. The third-order valence-corrected chi connectivity index (χ3v) is 4.34. The number of halogens is 3. The van der Waals surface area contributed by atoms with Gasteiger partial charge in [-0.15, -0.1) is 0 Å². The van der Waals surface area contributed by atoms with E-state index in [0.29, 0.717) is 5.69 Å². The Morgan fingerprint density at radius 1 is 1.14 bits per heavy atom. The lowest BCUT2D eigenvalue weighted by molar-refractivity contribution is -0.0872. The number of nitrogens with one attached hydrogen (secondary N) is 2. The van der Waals surface area contributed by atoms with Crippen molar-refractivity contribution in [1.29, 1.82) is 0 Å². The van der Waals surface area contributed by atoms with Gasteiger partial charge in [0.2, 0.25) is 0 Å². The molecular formula is C21H35F3N4. The molecule has 1 aliphatic heterocycles. The SMILES string of the molecule is C/C=C(\C(=C/C)C(F)(F)F)c1cc(NC)cc(C2CCNCC2)n1.CC.CN. The topological polar surface area (TPSA) is 63.0 Å². The molecule has 4 nitrogen and oxygen atoms in total. The maximum absolute atomic E-state index is 13.3. The van der Waals surface area contributed by atoms with Gasteiger partial charge in [0.25, 0.3) is 0 Å². The molecule has 0 spiro atoms. The first-order valence-electron chi connectivity index (χ1n) is 9.79. The van der Waals surface area contributed by atoms with Crippen LogP contribution in [0.1, 0.15) is 57.8 Å². The number of hydrogen-bond donors (Lipinski definition) is 3. The van der Waals surface area contributed by atoms with E-state index in [1.54, 1.807) is 20.0 Å². The van der Waals surface area contributed by atoms with Crippen LogP contribution in [0.3, 0.4) is 0 Å². The minimum Gasteiger partial charge on any atom is -0.388 e. The van der Waals surface area contributed by atoms with Crippen LogP contribution >= 0.6 is 0 Å². The Kier molecular flexibility index (Phi) is 12.5. The molecule has 0 aromatic carbocycles. The van der Waals surface area contributed by atoms with Crippen LogP contribution in [0.15, 0.2) is 29.9 Å². The van der Waals surface area contributed by atoms with Crippen LogP contribution in [0.5, 0.6) is 0 Å². The van der Waals surface area contributed by atoms with Gasteiger partial charge in [0.1, 0.15) is 0 Å². The number of anilines is 1. The molecule has 0 radical (unpaired) electrons. The predicted molar refractivity (Wildman–Crippen MR) is 114 cm³/mol. The van der Waals surface area contributed by atoms with Crippen LogP contribution < -0.4 is 16.4 Å². The first-order valence-corrected chi connectivity index (χ1v) is 9.79. The maximum Gasteiger partial charge on any atom is 0.416 e. The summed E-state index contributed by atoms with van der Waals surface area (Å²) >= 11 is 0. The second-order valence-corrected chi connectivity index (χ2v) is 5.84.